The van der Waals surface area contributed by atoms with Crippen molar-refractivity contribution in [1.29, 1.82) is 0 Å². The van der Waals surface area contributed by atoms with Crippen molar-refractivity contribution in [3.63, 3.8) is 0 Å². The van der Waals surface area contributed by atoms with Crippen molar-refractivity contribution in [1.82, 2.24) is 24.4 Å². The van der Waals surface area contributed by atoms with Crippen LogP contribution in [-0.4, -0.2) is 83.4 Å². The number of carbonyl (C=O) groups excluding carboxylic acids is 1. The highest BCUT2D eigenvalue weighted by Gasteiger charge is 2.20. The zero-order valence-electron chi connectivity index (χ0n) is 17.5. The minimum absolute atomic E-state index is 0.316. The van der Waals surface area contributed by atoms with Gasteiger partial charge < -0.3 is 18.8 Å². The smallest absolute Gasteiger partial charge is 0.340 e. The van der Waals surface area contributed by atoms with Crippen LogP contribution in [0.4, 0.5) is 0 Å². The first-order chi connectivity index (χ1) is 14.7. The van der Waals surface area contributed by atoms with Crippen LogP contribution >= 0.6 is 0 Å². The number of aromatic nitrogens is 3. The van der Waals surface area contributed by atoms with E-state index >= 15 is 0 Å². The normalized spacial score (nSPS) is 15.4. The van der Waals surface area contributed by atoms with E-state index in [4.69, 9.17) is 9.47 Å². The topological polar surface area (TPSA) is 72.2 Å². The molecule has 0 atom stereocenters. The van der Waals surface area contributed by atoms with Crippen LogP contribution in [0.5, 0.6) is 5.88 Å². The standard InChI is InChI=1S/C22H27N5O3/c1-3-29-22(28)18-16-17-6-4-5-9-27(17)21(18)19-7-8-20(24-23-19)30-15-14-26-12-10-25(2)11-13-26/h4-9,16H,3,10-15H2,1-2H3. The molecule has 0 unspecified atom stereocenters. The highest BCUT2D eigenvalue weighted by Crippen LogP contribution is 2.27. The minimum Gasteiger partial charge on any atom is -0.475 e. The van der Waals surface area contributed by atoms with Crippen LogP contribution < -0.4 is 4.74 Å². The molecule has 0 bridgehead atoms. The van der Waals surface area contributed by atoms with Crippen molar-refractivity contribution in [2.45, 2.75) is 6.92 Å². The fourth-order valence-electron chi connectivity index (χ4n) is 3.62. The van der Waals surface area contributed by atoms with Crippen LogP contribution in [0.3, 0.4) is 0 Å². The summed E-state index contributed by atoms with van der Waals surface area (Å²) in [6, 6.07) is 11.2. The van der Waals surface area contributed by atoms with Crippen LogP contribution in [0.1, 0.15) is 17.3 Å². The van der Waals surface area contributed by atoms with Crippen LogP contribution in [0.25, 0.3) is 16.9 Å². The molecule has 0 aliphatic carbocycles. The van der Waals surface area contributed by atoms with Gasteiger partial charge in [-0.25, -0.2) is 4.79 Å². The third-order valence-electron chi connectivity index (χ3n) is 5.31. The number of ether oxygens (including phenoxy) is 2. The van der Waals surface area contributed by atoms with Crippen molar-refractivity contribution in [3.8, 4) is 17.3 Å². The average molecular weight is 409 g/mol. The Bertz CT molecular complexity index is 994. The Morgan fingerprint density at radius 3 is 2.67 bits per heavy atom. The summed E-state index contributed by atoms with van der Waals surface area (Å²) in [6.45, 7) is 7.83. The number of hydrogen-bond donors (Lipinski definition) is 0. The Hall–Kier alpha value is -2.97. The highest BCUT2D eigenvalue weighted by atomic mass is 16.5. The number of rotatable bonds is 7. The molecule has 0 N–H and O–H groups in total. The van der Waals surface area contributed by atoms with Gasteiger partial charge in [0.25, 0.3) is 0 Å². The van der Waals surface area contributed by atoms with E-state index < -0.39 is 0 Å². The van der Waals surface area contributed by atoms with Gasteiger partial charge in [-0.1, -0.05) is 6.07 Å². The molecule has 0 radical (unpaired) electrons. The molecular formula is C22H27N5O3. The number of likely N-dealkylation sites (N-methyl/N-ethyl adjacent to an activating group) is 1. The molecular weight excluding hydrogens is 382 g/mol. The number of pyridine rings is 1. The summed E-state index contributed by atoms with van der Waals surface area (Å²) in [5.41, 5.74) is 2.63. The van der Waals surface area contributed by atoms with Gasteiger partial charge in [0.1, 0.15) is 12.3 Å². The molecule has 0 saturated carbocycles. The Kier molecular flexibility index (Phi) is 6.25. The van der Waals surface area contributed by atoms with E-state index in [1.807, 2.05) is 40.9 Å². The summed E-state index contributed by atoms with van der Waals surface area (Å²) in [6.07, 6.45) is 1.90. The summed E-state index contributed by atoms with van der Waals surface area (Å²) in [5.74, 6) is 0.108. The van der Waals surface area contributed by atoms with Crippen molar-refractivity contribution in [2.75, 3.05) is 53.0 Å². The second-order valence-electron chi connectivity index (χ2n) is 7.37. The van der Waals surface area contributed by atoms with E-state index in [0.717, 1.165) is 38.2 Å². The molecule has 4 heterocycles. The monoisotopic (exact) mass is 409 g/mol. The van der Waals surface area contributed by atoms with Crippen molar-refractivity contribution >= 4 is 11.5 Å². The van der Waals surface area contributed by atoms with Crippen LogP contribution in [0, 0.1) is 0 Å². The quantitative estimate of drug-likeness (QED) is 0.554. The van der Waals surface area contributed by atoms with Gasteiger partial charge in [0, 0.05) is 50.5 Å². The van der Waals surface area contributed by atoms with E-state index in [0.29, 0.717) is 36.0 Å². The fraction of sp³-hybridized carbons (Fsp3) is 0.409. The Balaban J connectivity index is 1.48. The number of carbonyl (C=O) groups is 1. The minimum atomic E-state index is -0.370. The van der Waals surface area contributed by atoms with Gasteiger partial charge in [-0.3, -0.25) is 4.90 Å². The number of esters is 1. The Morgan fingerprint density at radius 1 is 1.10 bits per heavy atom. The largest absolute Gasteiger partial charge is 0.475 e. The fourth-order valence-corrected chi connectivity index (χ4v) is 3.62. The second kappa shape index (κ2) is 9.23. The number of fused-ring (bicyclic) bond motifs is 1. The van der Waals surface area contributed by atoms with Gasteiger partial charge in [-0.2, -0.15) is 0 Å². The Morgan fingerprint density at radius 2 is 1.93 bits per heavy atom. The van der Waals surface area contributed by atoms with Crippen molar-refractivity contribution in [3.05, 3.63) is 48.2 Å². The summed E-state index contributed by atoms with van der Waals surface area (Å²) in [7, 11) is 2.15. The molecule has 1 saturated heterocycles. The van der Waals surface area contributed by atoms with E-state index in [2.05, 4.69) is 27.0 Å². The number of hydrogen-bond acceptors (Lipinski definition) is 7. The molecule has 8 heteroatoms. The van der Waals surface area contributed by atoms with Crippen LogP contribution in [-0.2, 0) is 4.74 Å². The summed E-state index contributed by atoms with van der Waals surface area (Å²) >= 11 is 0. The predicted molar refractivity (Wildman–Crippen MR) is 114 cm³/mol. The van der Waals surface area contributed by atoms with Gasteiger partial charge in [-0.05, 0) is 38.2 Å². The molecule has 4 rings (SSSR count). The van der Waals surface area contributed by atoms with Gasteiger partial charge in [0.05, 0.1) is 17.9 Å². The number of piperazine rings is 1. The zero-order valence-corrected chi connectivity index (χ0v) is 17.5. The van der Waals surface area contributed by atoms with E-state index in [-0.39, 0.29) is 5.97 Å². The van der Waals surface area contributed by atoms with Gasteiger partial charge in [0.2, 0.25) is 5.88 Å². The zero-order chi connectivity index (χ0) is 20.9. The van der Waals surface area contributed by atoms with Gasteiger partial charge in [0.15, 0.2) is 0 Å². The maximum atomic E-state index is 12.5. The SMILES string of the molecule is CCOC(=O)c1cc2ccccn2c1-c1ccc(OCCN2CCN(C)CC2)nn1. The van der Waals surface area contributed by atoms with Gasteiger partial charge in [-0.15, -0.1) is 10.2 Å². The summed E-state index contributed by atoms with van der Waals surface area (Å²) in [5, 5.41) is 8.54. The summed E-state index contributed by atoms with van der Waals surface area (Å²) < 4.78 is 12.9. The van der Waals surface area contributed by atoms with E-state index in [1.54, 1.807) is 13.0 Å². The van der Waals surface area contributed by atoms with Crippen LogP contribution in [0.15, 0.2) is 42.6 Å². The predicted octanol–water partition coefficient (Wildman–Crippen LogP) is 2.20. The average Bonchev–Trinajstić information content (AvgIpc) is 3.16. The molecule has 0 amide bonds. The number of nitrogens with zero attached hydrogens (tertiary/aromatic N) is 5. The molecule has 1 aliphatic rings. The summed E-state index contributed by atoms with van der Waals surface area (Å²) in [4.78, 5) is 17.2. The van der Waals surface area contributed by atoms with Crippen LogP contribution in [0.2, 0.25) is 0 Å². The van der Waals surface area contributed by atoms with E-state index in [1.165, 1.54) is 0 Å². The molecule has 3 aromatic heterocycles. The van der Waals surface area contributed by atoms with Crippen molar-refractivity contribution < 1.29 is 14.3 Å². The molecule has 1 fully saturated rings. The lowest BCUT2D eigenvalue weighted by Crippen LogP contribution is -2.45. The lowest BCUT2D eigenvalue weighted by Gasteiger charge is -2.32. The van der Waals surface area contributed by atoms with Gasteiger partial charge >= 0.3 is 5.97 Å². The Labute approximate surface area is 176 Å². The first kappa shape index (κ1) is 20.3. The molecule has 0 aromatic carbocycles. The molecule has 3 aromatic rings. The lowest BCUT2D eigenvalue weighted by molar-refractivity contribution is 0.0527. The first-order valence-electron chi connectivity index (χ1n) is 10.3. The first-order valence-corrected chi connectivity index (χ1v) is 10.3. The maximum absolute atomic E-state index is 12.5. The molecule has 30 heavy (non-hydrogen) atoms. The van der Waals surface area contributed by atoms with E-state index in [9.17, 15) is 4.79 Å². The maximum Gasteiger partial charge on any atom is 0.340 e. The molecule has 1 aliphatic heterocycles. The molecule has 0 spiro atoms. The van der Waals surface area contributed by atoms with Crippen molar-refractivity contribution in [2.24, 2.45) is 0 Å². The lowest BCUT2D eigenvalue weighted by atomic mass is 10.2. The molecule has 158 valence electrons. The highest BCUT2D eigenvalue weighted by molar-refractivity contribution is 5.98. The second-order valence-corrected chi connectivity index (χ2v) is 7.37. The third-order valence-corrected chi connectivity index (χ3v) is 5.31. The molecule has 8 nitrogen and oxygen atoms in total. The third kappa shape index (κ3) is 4.44.